The molecule has 1 aromatic rings. The molecule has 0 saturated carbocycles. The Bertz CT molecular complexity index is 379. The highest BCUT2D eigenvalue weighted by Gasteiger charge is 2.24. The summed E-state index contributed by atoms with van der Waals surface area (Å²) >= 11 is 0. The summed E-state index contributed by atoms with van der Waals surface area (Å²) < 4.78 is 11.0. The number of methoxy groups -OCH3 is 2. The van der Waals surface area contributed by atoms with Gasteiger partial charge in [0.1, 0.15) is 5.75 Å². The second-order valence-electron chi connectivity index (χ2n) is 5.56. The monoisotopic (exact) mass is 279 g/mol. The normalized spacial score (nSPS) is 14.3. The zero-order chi connectivity index (χ0) is 15.0. The van der Waals surface area contributed by atoms with Crippen molar-refractivity contribution in [2.75, 3.05) is 20.8 Å². The van der Waals surface area contributed by atoms with E-state index in [1.807, 2.05) is 12.1 Å². The molecule has 3 heteroatoms. The second-order valence-corrected chi connectivity index (χ2v) is 5.56. The molecule has 0 aliphatic carbocycles. The number of nitrogens with one attached hydrogen (secondary N) is 1. The molecule has 0 bridgehead atoms. The van der Waals surface area contributed by atoms with Crippen LogP contribution in [0.1, 0.15) is 32.8 Å². The van der Waals surface area contributed by atoms with Gasteiger partial charge in [-0.3, -0.25) is 0 Å². The van der Waals surface area contributed by atoms with Gasteiger partial charge >= 0.3 is 0 Å². The zero-order valence-corrected chi connectivity index (χ0v) is 13.5. The Balaban J connectivity index is 2.81. The van der Waals surface area contributed by atoms with Crippen LogP contribution in [0.3, 0.4) is 0 Å². The molecule has 0 aromatic heterocycles. The van der Waals surface area contributed by atoms with Crippen LogP contribution in [-0.2, 0) is 11.2 Å². The smallest absolute Gasteiger partial charge is 0.119 e. The van der Waals surface area contributed by atoms with E-state index in [-0.39, 0.29) is 6.10 Å². The second kappa shape index (κ2) is 8.98. The molecule has 2 atom stereocenters. The largest absolute Gasteiger partial charge is 0.497 e. The maximum Gasteiger partial charge on any atom is 0.119 e. The maximum atomic E-state index is 5.71. The predicted octanol–water partition coefficient (Wildman–Crippen LogP) is 3.28. The van der Waals surface area contributed by atoms with Crippen molar-refractivity contribution in [3.05, 3.63) is 29.8 Å². The maximum absolute atomic E-state index is 5.71. The Hall–Kier alpha value is -1.06. The third-order valence-electron chi connectivity index (χ3n) is 3.57. The first kappa shape index (κ1) is 17.0. The first-order valence-electron chi connectivity index (χ1n) is 7.51. The molecular weight excluding hydrogens is 250 g/mol. The number of benzene rings is 1. The molecule has 114 valence electrons. The van der Waals surface area contributed by atoms with E-state index in [0.29, 0.717) is 12.0 Å². The van der Waals surface area contributed by atoms with Gasteiger partial charge in [0, 0.05) is 13.2 Å². The van der Waals surface area contributed by atoms with E-state index in [1.54, 1.807) is 14.2 Å². The third-order valence-corrected chi connectivity index (χ3v) is 3.57. The Morgan fingerprint density at radius 1 is 1.20 bits per heavy atom. The fourth-order valence-corrected chi connectivity index (χ4v) is 2.59. The van der Waals surface area contributed by atoms with E-state index in [0.717, 1.165) is 25.1 Å². The molecule has 0 fully saturated rings. The molecule has 3 nitrogen and oxygen atoms in total. The molecule has 0 heterocycles. The number of rotatable bonds is 9. The van der Waals surface area contributed by atoms with Crippen molar-refractivity contribution in [2.24, 2.45) is 5.92 Å². The molecule has 0 saturated heterocycles. The van der Waals surface area contributed by atoms with E-state index in [1.165, 1.54) is 5.56 Å². The Labute approximate surface area is 123 Å². The Morgan fingerprint density at radius 2 is 1.95 bits per heavy atom. The number of hydrogen-bond donors (Lipinski definition) is 1. The fourth-order valence-electron chi connectivity index (χ4n) is 2.59. The van der Waals surface area contributed by atoms with Gasteiger partial charge in [-0.2, -0.15) is 0 Å². The lowest BCUT2D eigenvalue weighted by Crippen LogP contribution is -2.45. The number of hydrogen-bond acceptors (Lipinski definition) is 3. The van der Waals surface area contributed by atoms with Gasteiger partial charge in [0.15, 0.2) is 0 Å². The summed E-state index contributed by atoms with van der Waals surface area (Å²) in [7, 11) is 3.51. The van der Waals surface area contributed by atoms with Crippen LogP contribution < -0.4 is 10.1 Å². The molecule has 0 aliphatic rings. The van der Waals surface area contributed by atoms with Crippen LogP contribution in [-0.4, -0.2) is 32.9 Å². The van der Waals surface area contributed by atoms with Gasteiger partial charge in [-0.15, -0.1) is 0 Å². The van der Waals surface area contributed by atoms with E-state index in [4.69, 9.17) is 9.47 Å². The Kier molecular flexibility index (Phi) is 7.63. The summed E-state index contributed by atoms with van der Waals surface area (Å²) in [6, 6.07) is 8.60. The lowest BCUT2D eigenvalue weighted by Gasteiger charge is -2.30. The van der Waals surface area contributed by atoms with Crippen molar-refractivity contribution in [3.63, 3.8) is 0 Å². The van der Waals surface area contributed by atoms with Crippen molar-refractivity contribution in [3.8, 4) is 5.75 Å². The van der Waals surface area contributed by atoms with Crippen LogP contribution in [0.5, 0.6) is 5.75 Å². The van der Waals surface area contributed by atoms with Gasteiger partial charge in [0.2, 0.25) is 0 Å². The topological polar surface area (TPSA) is 30.5 Å². The summed E-state index contributed by atoms with van der Waals surface area (Å²) in [5, 5.41) is 3.62. The lowest BCUT2D eigenvalue weighted by molar-refractivity contribution is 0.0332. The minimum Gasteiger partial charge on any atom is -0.497 e. The van der Waals surface area contributed by atoms with E-state index >= 15 is 0 Å². The van der Waals surface area contributed by atoms with Gasteiger partial charge < -0.3 is 14.8 Å². The Morgan fingerprint density at radius 3 is 2.50 bits per heavy atom. The quantitative estimate of drug-likeness (QED) is 0.752. The summed E-state index contributed by atoms with van der Waals surface area (Å²) in [4.78, 5) is 0. The van der Waals surface area contributed by atoms with Crippen LogP contribution in [0, 0.1) is 5.92 Å². The summed E-state index contributed by atoms with van der Waals surface area (Å²) in [6.07, 6.45) is 2.30. The highest BCUT2D eigenvalue weighted by atomic mass is 16.5. The lowest BCUT2D eigenvalue weighted by atomic mass is 9.93. The van der Waals surface area contributed by atoms with Gasteiger partial charge in [0.25, 0.3) is 0 Å². The van der Waals surface area contributed by atoms with Crippen LogP contribution in [0.4, 0.5) is 0 Å². The average molecular weight is 279 g/mol. The first-order chi connectivity index (χ1) is 9.62. The van der Waals surface area contributed by atoms with E-state index in [2.05, 4.69) is 38.2 Å². The molecule has 0 aliphatic heterocycles. The van der Waals surface area contributed by atoms with Crippen molar-refractivity contribution in [1.82, 2.24) is 5.32 Å². The minimum absolute atomic E-state index is 0.216. The van der Waals surface area contributed by atoms with Crippen LogP contribution >= 0.6 is 0 Å². The molecule has 1 rings (SSSR count). The molecule has 1 aromatic carbocycles. The third kappa shape index (κ3) is 5.14. The van der Waals surface area contributed by atoms with Crippen molar-refractivity contribution < 1.29 is 9.47 Å². The van der Waals surface area contributed by atoms with Gasteiger partial charge in [-0.1, -0.05) is 32.9 Å². The molecule has 0 radical (unpaired) electrons. The van der Waals surface area contributed by atoms with Crippen LogP contribution in [0.2, 0.25) is 0 Å². The van der Waals surface area contributed by atoms with Crippen LogP contribution in [0.25, 0.3) is 0 Å². The van der Waals surface area contributed by atoms with Crippen molar-refractivity contribution >= 4 is 0 Å². The van der Waals surface area contributed by atoms with Gasteiger partial charge in [-0.05, 0) is 43.0 Å². The van der Waals surface area contributed by atoms with Gasteiger partial charge in [0.05, 0.1) is 13.2 Å². The van der Waals surface area contributed by atoms with Crippen molar-refractivity contribution in [1.29, 1.82) is 0 Å². The predicted molar refractivity (Wildman–Crippen MR) is 84.4 cm³/mol. The molecule has 1 N–H and O–H groups in total. The summed E-state index contributed by atoms with van der Waals surface area (Å²) in [5.41, 5.74) is 1.28. The number of ether oxygens (including phenoxy) is 2. The molecule has 0 amide bonds. The van der Waals surface area contributed by atoms with Gasteiger partial charge in [-0.25, -0.2) is 0 Å². The molecule has 0 spiro atoms. The minimum atomic E-state index is 0.216. The molecular formula is C17H29NO2. The SMILES string of the molecule is CCCNC(Cc1cccc(OC)c1)C(OC)C(C)C. The van der Waals surface area contributed by atoms with Crippen molar-refractivity contribution in [2.45, 2.75) is 45.8 Å². The molecule has 20 heavy (non-hydrogen) atoms. The van der Waals surface area contributed by atoms with E-state index < -0.39 is 0 Å². The van der Waals surface area contributed by atoms with E-state index in [9.17, 15) is 0 Å². The summed E-state index contributed by atoms with van der Waals surface area (Å²) in [6.45, 7) is 7.62. The summed E-state index contributed by atoms with van der Waals surface area (Å²) in [5.74, 6) is 1.40. The standard InChI is InChI=1S/C17H29NO2/c1-6-10-18-16(17(20-5)13(2)3)12-14-8-7-9-15(11-14)19-4/h7-9,11,13,16-18H,6,10,12H2,1-5H3. The average Bonchev–Trinajstić information content (AvgIpc) is 2.45. The first-order valence-corrected chi connectivity index (χ1v) is 7.51. The fraction of sp³-hybridized carbons (Fsp3) is 0.647. The van der Waals surface area contributed by atoms with Crippen LogP contribution in [0.15, 0.2) is 24.3 Å². The molecule has 2 unspecified atom stereocenters. The zero-order valence-electron chi connectivity index (χ0n) is 13.5. The highest BCUT2D eigenvalue weighted by molar-refractivity contribution is 5.29. The highest BCUT2D eigenvalue weighted by Crippen LogP contribution is 2.18.